The van der Waals surface area contributed by atoms with Gasteiger partial charge in [0.25, 0.3) is 0 Å². The lowest BCUT2D eigenvalue weighted by atomic mass is 9.92. The molecule has 0 unspecified atom stereocenters. The normalized spacial score (nSPS) is 11.8. The van der Waals surface area contributed by atoms with Crippen LogP contribution in [0.15, 0.2) is 156 Å². The minimum atomic E-state index is 0.779. The molecular formula is C41H27NO. The predicted octanol–water partition coefficient (Wildman–Crippen LogP) is 11.1. The number of hydrogen-bond acceptors (Lipinski definition) is 1. The van der Waals surface area contributed by atoms with Crippen LogP contribution in [0.1, 0.15) is 11.1 Å². The van der Waals surface area contributed by atoms with Gasteiger partial charge in [-0.15, -0.1) is 0 Å². The second-order valence-electron chi connectivity index (χ2n) is 11.3. The topological polar surface area (TPSA) is 18.1 Å². The molecule has 2 heteroatoms. The van der Waals surface area contributed by atoms with Crippen molar-refractivity contribution in [3.8, 4) is 16.8 Å². The van der Waals surface area contributed by atoms with Crippen molar-refractivity contribution in [2.75, 3.05) is 0 Å². The van der Waals surface area contributed by atoms with Gasteiger partial charge in [0.15, 0.2) is 0 Å². The first-order valence-electron chi connectivity index (χ1n) is 14.8. The fourth-order valence-electron chi connectivity index (χ4n) is 6.93. The molecule has 0 amide bonds. The van der Waals surface area contributed by atoms with Gasteiger partial charge in [-0.2, -0.15) is 0 Å². The Morgan fingerprint density at radius 2 is 1.19 bits per heavy atom. The minimum absolute atomic E-state index is 0.779. The summed E-state index contributed by atoms with van der Waals surface area (Å²) in [5.74, 6) is 0. The van der Waals surface area contributed by atoms with Crippen molar-refractivity contribution in [3.63, 3.8) is 0 Å². The van der Waals surface area contributed by atoms with Crippen LogP contribution in [-0.2, 0) is 6.42 Å². The zero-order valence-corrected chi connectivity index (χ0v) is 23.5. The van der Waals surface area contributed by atoms with Crippen LogP contribution in [0, 0.1) is 0 Å². The summed E-state index contributed by atoms with van der Waals surface area (Å²) in [4.78, 5) is 0. The lowest BCUT2D eigenvalue weighted by Gasteiger charge is -2.12. The number of rotatable bonds is 4. The van der Waals surface area contributed by atoms with Crippen molar-refractivity contribution in [3.05, 3.63) is 163 Å². The molecule has 2 nitrogen and oxygen atoms in total. The monoisotopic (exact) mass is 549 g/mol. The summed E-state index contributed by atoms with van der Waals surface area (Å²) < 4.78 is 8.93. The maximum Gasteiger partial charge on any atom is 0.139 e. The first-order valence-corrected chi connectivity index (χ1v) is 14.8. The van der Waals surface area contributed by atoms with Crippen molar-refractivity contribution >= 4 is 54.5 Å². The van der Waals surface area contributed by atoms with E-state index in [2.05, 4.69) is 150 Å². The molecule has 0 saturated carbocycles. The average molecular weight is 550 g/mol. The zero-order valence-electron chi connectivity index (χ0n) is 23.5. The van der Waals surface area contributed by atoms with Crippen LogP contribution in [0.4, 0.5) is 0 Å². The summed E-state index contributed by atoms with van der Waals surface area (Å²) in [5, 5.41) is 7.38. The standard InChI is InChI=1S/C41H27NO/c1-2-14-31(15-3-1)42-37-20-10-8-18-34(37)36-26-29(22-23-38(36)42)32-16-6-4-12-27(32)24-30-25-28-13-5-7-17-33(28)40-35-19-9-11-21-39(35)43-41(30)40/h1-23,25-26H,24H2. The second kappa shape index (κ2) is 9.47. The van der Waals surface area contributed by atoms with Gasteiger partial charge >= 0.3 is 0 Å². The largest absolute Gasteiger partial charge is 0.456 e. The molecular weight excluding hydrogens is 522 g/mol. The molecule has 0 aliphatic heterocycles. The zero-order chi connectivity index (χ0) is 28.3. The molecule has 202 valence electrons. The number of nitrogens with zero attached hydrogens (tertiary/aromatic N) is 1. The Labute approximate surface area is 249 Å². The van der Waals surface area contributed by atoms with E-state index in [1.807, 2.05) is 6.07 Å². The molecule has 7 aromatic carbocycles. The highest BCUT2D eigenvalue weighted by Gasteiger charge is 2.18. The molecule has 43 heavy (non-hydrogen) atoms. The van der Waals surface area contributed by atoms with Crippen LogP contribution in [0.2, 0.25) is 0 Å². The Bertz CT molecular complexity index is 2480. The summed E-state index contributed by atoms with van der Waals surface area (Å²) in [6.07, 6.45) is 0.779. The molecule has 9 aromatic rings. The van der Waals surface area contributed by atoms with Crippen molar-refractivity contribution in [2.24, 2.45) is 0 Å². The lowest BCUT2D eigenvalue weighted by molar-refractivity contribution is 0.664. The summed E-state index contributed by atoms with van der Waals surface area (Å²) in [5.41, 5.74) is 10.5. The third-order valence-electron chi connectivity index (χ3n) is 8.84. The number of furan rings is 1. The quantitative estimate of drug-likeness (QED) is 0.213. The number of para-hydroxylation sites is 3. The van der Waals surface area contributed by atoms with E-state index in [9.17, 15) is 0 Å². The third-order valence-corrected chi connectivity index (χ3v) is 8.84. The molecule has 0 fully saturated rings. The molecule has 0 saturated heterocycles. The summed E-state index contributed by atoms with van der Waals surface area (Å²) in [6, 6.07) is 54.4. The van der Waals surface area contributed by atoms with Crippen molar-refractivity contribution in [1.29, 1.82) is 0 Å². The van der Waals surface area contributed by atoms with Gasteiger partial charge in [0.05, 0.1) is 11.0 Å². The maximum atomic E-state index is 6.56. The molecule has 0 spiro atoms. The van der Waals surface area contributed by atoms with E-state index in [1.165, 1.54) is 71.3 Å². The Morgan fingerprint density at radius 1 is 0.488 bits per heavy atom. The second-order valence-corrected chi connectivity index (χ2v) is 11.3. The average Bonchev–Trinajstić information content (AvgIpc) is 3.62. The van der Waals surface area contributed by atoms with E-state index in [4.69, 9.17) is 4.42 Å². The molecule has 0 radical (unpaired) electrons. The van der Waals surface area contributed by atoms with E-state index in [0.29, 0.717) is 0 Å². The Balaban J connectivity index is 1.23. The fraction of sp³-hybridized carbons (Fsp3) is 0.0244. The molecule has 9 rings (SSSR count). The van der Waals surface area contributed by atoms with Gasteiger partial charge in [-0.3, -0.25) is 0 Å². The van der Waals surface area contributed by atoms with Gasteiger partial charge in [0, 0.05) is 39.2 Å². The van der Waals surface area contributed by atoms with E-state index < -0.39 is 0 Å². The van der Waals surface area contributed by atoms with Crippen LogP contribution in [0.25, 0.3) is 71.3 Å². The van der Waals surface area contributed by atoms with Crippen LogP contribution in [0.3, 0.4) is 0 Å². The Kier molecular flexibility index (Phi) is 5.30. The summed E-state index contributed by atoms with van der Waals surface area (Å²) >= 11 is 0. The van der Waals surface area contributed by atoms with Crippen LogP contribution < -0.4 is 0 Å². The summed E-state index contributed by atoms with van der Waals surface area (Å²) in [6.45, 7) is 0. The molecule has 2 aromatic heterocycles. The minimum Gasteiger partial charge on any atom is -0.456 e. The maximum absolute atomic E-state index is 6.56. The first kappa shape index (κ1) is 24.0. The van der Waals surface area contributed by atoms with Gasteiger partial charge in [-0.25, -0.2) is 0 Å². The Hall–Kier alpha value is -5.60. The highest BCUT2D eigenvalue weighted by Crippen LogP contribution is 2.40. The molecule has 0 aliphatic rings. The highest BCUT2D eigenvalue weighted by atomic mass is 16.3. The summed E-state index contributed by atoms with van der Waals surface area (Å²) in [7, 11) is 0. The van der Waals surface area contributed by atoms with Gasteiger partial charge in [0.1, 0.15) is 11.2 Å². The smallest absolute Gasteiger partial charge is 0.139 e. The SMILES string of the molecule is c1ccc(-n2c3ccccc3c3cc(-c4ccccc4Cc4cc5ccccc5c5c4oc4ccccc45)ccc32)cc1. The van der Waals surface area contributed by atoms with Gasteiger partial charge in [0.2, 0.25) is 0 Å². The molecule has 0 bridgehead atoms. The van der Waals surface area contributed by atoms with Gasteiger partial charge in [-0.05, 0) is 69.9 Å². The predicted molar refractivity (Wildman–Crippen MR) is 180 cm³/mol. The van der Waals surface area contributed by atoms with E-state index in [1.54, 1.807) is 0 Å². The van der Waals surface area contributed by atoms with Crippen molar-refractivity contribution < 1.29 is 4.42 Å². The van der Waals surface area contributed by atoms with E-state index in [0.717, 1.165) is 17.6 Å². The highest BCUT2D eigenvalue weighted by molar-refractivity contribution is 6.19. The fourth-order valence-corrected chi connectivity index (χ4v) is 6.93. The molecule has 2 heterocycles. The van der Waals surface area contributed by atoms with Crippen LogP contribution in [0.5, 0.6) is 0 Å². The van der Waals surface area contributed by atoms with Crippen LogP contribution in [-0.4, -0.2) is 4.57 Å². The molecule has 0 aliphatic carbocycles. The molecule has 0 N–H and O–H groups in total. The number of fused-ring (bicyclic) bond motifs is 8. The number of aromatic nitrogens is 1. The first-order chi connectivity index (χ1) is 21.3. The van der Waals surface area contributed by atoms with Gasteiger partial charge < -0.3 is 8.98 Å². The third kappa shape index (κ3) is 3.73. The van der Waals surface area contributed by atoms with E-state index in [-0.39, 0.29) is 0 Å². The van der Waals surface area contributed by atoms with Gasteiger partial charge in [-0.1, -0.05) is 109 Å². The number of benzene rings is 7. The lowest BCUT2D eigenvalue weighted by Crippen LogP contribution is -1.94. The van der Waals surface area contributed by atoms with Crippen molar-refractivity contribution in [2.45, 2.75) is 6.42 Å². The number of hydrogen-bond donors (Lipinski definition) is 0. The Morgan fingerprint density at radius 3 is 2.09 bits per heavy atom. The van der Waals surface area contributed by atoms with Crippen molar-refractivity contribution in [1.82, 2.24) is 4.57 Å². The molecule has 0 atom stereocenters. The van der Waals surface area contributed by atoms with E-state index >= 15 is 0 Å². The van der Waals surface area contributed by atoms with Crippen LogP contribution >= 0.6 is 0 Å².